The van der Waals surface area contributed by atoms with Gasteiger partial charge in [0.1, 0.15) is 5.65 Å². The molecule has 2 aromatic heterocycles. The minimum absolute atomic E-state index is 0. The molecule has 4 heteroatoms. The third kappa shape index (κ3) is 2.49. The standard InChI is InChI=1S/C14H11BrN2.BrH/c1-10-5-6-17-9-13(16-14(17)7-10)11-3-2-4-12(15)8-11;/h2-9H,1H3;1H. The van der Waals surface area contributed by atoms with Crippen LogP contribution in [0.1, 0.15) is 5.56 Å². The van der Waals surface area contributed by atoms with Crippen LogP contribution < -0.4 is 0 Å². The summed E-state index contributed by atoms with van der Waals surface area (Å²) in [6.45, 7) is 2.08. The Labute approximate surface area is 125 Å². The minimum atomic E-state index is 0. The smallest absolute Gasteiger partial charge is 0.137 e. The number of fused-ring (bicyclic) bond motifs is 1. The lowest BCUT2D eigenvalue weighted by Gasteiger charge is -1.95. The number of rotatable bonds is 1. The number of nitrogens with zero attached hydrogens (tertiary/aromatic N) is 2. The van der Waals surface area contributed by atoms with Crippen molar-refractivity contribution in [3.8, 4) is 11.3 Å². The Morgan fingerprint density at radius 1 is 1.17 bits per heavy atom. The van der Waals surface area contributed by atoms with E-state index in [1.165, 1.54) is 5.56 Å². The molecular formula is C14H12Br2N2. The van der Waals surface area contributed by atoms with Gasteiger partial charge in [0.25, 0.3) is 0 Å². The second-order valence-electron chi connectivity index (χ2n) is 4.11. The van der Waals surface area contributed by atoms with Crippen LogP contribution >= 0.6 is 32.9 Å². The van der Waals surface area contributed by atoms with Gasteiger partial charge < -0.3 is 4.40 Å². The molecule has 0 aliphatic heterocycles. The van der Waals surface area contributed by atoms with Crippen molar-refractivity contribution in [2.45, 2.75) is 6.92 Å². The zero-order valence-corrected chi connectivity index (χ0v) is 13.1. The maximum absolute atomic E-state index is 4.63. The average molecular weight is 368 g/mol. The van der Waals surface area contributed by atoms with E-state index in [2.05, 4.69) is 58.3 Å². The highest BCUT2D eigenvalue weighted by atomic mass is 79.9. The van der Waals surface area contributed by atoms with Gasteiger partial charge in [-0.05, 0) is 36.8 Å². The summed E-state index contributed by atoms with van der Waals surface area (Å²) in [5.41, 5.74) is 4.33. The lowest BCUT2D eigenvalue weighted by molar-refractivity contribution is 1.17. The van der Waals surface area contributed by atoms with Gasteiger partial charge >= 0.3 is 0 Å². The molecule has 0 radical (unpaired) electrons. The first kappa shape index (κ1) is 13.3. The lowest BCUT2D eigenvalue weighted by Crippen LogP contribution is -1.81. The molecule has 2 heterocycles. The Hall–Kier alpha value is -1.13. The quantitative estimate of drug-likeness (QED) is 0.611. The summed E-state index contributed by atoms with van der Waals surface area (Å²) < 4.78 is 3.12. The fourth-order valence-electron chi connectivity index (χ4n) is 1.87. The highest BCUT2D eigenvalue weighted by molar-refractivity contribution is 9.10. The highest BCUT2D eigenvalue weighted by Crippen LogP contribution is 2.22. The molecule has 18 heavy (non-hydrogen) atoms. The molecule has 1 aromatic carbocycles. The first-order valence-electron chi connectivity index (χ1n) is 5.44. The van der Waals surface area contributed by atoms with Crippen molar-refractivity contribution < 1.29 is 0 Å². The van der Waals surface area contributed by atoms with Crippen LogP contribution in [-0.4, -0.2) is 9.38 Å². The average Bonchev–Trinajstić information content (AvgIpc) is 2.72. The van der Waals surface area contributed by atoms with E-state index in [9.17, 15) is 0 Å². The Morgan fingerprint density at radius 2 is 2.00 bits per heavy atom. The molecule has 0 aliphatic carbocycles. The van der Waals surface area contributed by atoms with Crippen molar-refractivity contribution in [3.05, 3.63) is 58.8 Å². The van der Waals surface area contributed by atoms with Gasteiger partial charge in [-0.3, -0.25) is 0 Å². The summed E-state index contributed by atoms with van der Waals surface area (Å²) >= 11 is 3.48. The number of halogens is 2. The molecule has 3 rings (SSSR count). The molecule has 0 unspecified atom stereocenters. The normalized spacial score (nSPS) is 10.3. The first-order valence-corrected chi connectivity index (χ1v) is 6.23. The largest absolute Gasteiger partial charge is 0.306 e. The number of pyridine rings is 1. The molecule has 0 aliphatic rings. The van der Waals surface area contributed by atoms with Crippen LogP contribution in [0, 0.1) is 6.92 Å². The molecule has 0 fully saturated rings. The molecule has 92 valence electrons. The number of aromatic nitrogens is 2. The predicted octanol–water partition coefficient (Wildman–Crippen LogP) is 4.65. The van der Waals surface area contributed by atoms with Crippen molar-refractivity contribution in [3.63, 3.8) is 0 Å². The van der Waals surface area contributed by atoms with Crippen LogP contribution in [0.5, 0.6) is 0 Å². The van der Waals surface area contributed by atoms with E-state index in [1.54, 1.807) is 0 Å². The molecule has 2 nitrogen and oxygen atoms in total. The van der Waals surface area contributed by atoms with E-state index < -0.39 is 0 Å². The van der Waals surface area contributed by atoms with Crippen LogP contribution in [0.15, 0.2) is 53.3 Å². The fourth-order valence-corrected chi connectivity index (χ4v) is 2.27. The maximum Gasteiger partial charge on any atom is 0.137 e. The molecule has 0 amide bonds. The highest BCUT2D eigenvalue weighted by Gasteiger charge is 2.04. The summed E-state index contributed by atoms with van der Waals surface area (Å²) in [5, 5.41) is 0. The van der Waals surface area contributed by atoms with Gasteiger partial charge in [0.2, 0.25) is 0 Å². The van der Waals surface area contributed by atoms with Crippen LogP contribution in [0.2, 0.25) is 0 Å². The van der Waals surface area contributed by atoms with Gasteiger partial charge in [0, 0.05) is 22.4 Å². The second-order valence-corrected chi connectivity index (χ2v) is 5.02. The number of aryl methyl sites for hydroxylation is 1. The second kappa shape index (κ2) is 5.24. The molecule has 0 atom stereocenters. The van der Waals surface area contributed by atoms with Crippen molar-refractivity contribution in [2.75, 3.05) is 0 Å². The first-order chi connectivity index (χ1) is 8.22. The van der Waals surface area contributed by atoms with Gasteiger partial charge in [-0.1, -0.05) is 28.1 Å². The van der Waals surface area contributed by atoms with E-state index in [0.29, 0.717) is 0 Å². The number of imidazole rings is 1. The van der Waals surface area contributed by atoms with E-state index in [1.807, 2.05) is 22.7 Å². The van der Waals surface area contributed by atoms with Crippen molar-refractivity contribution in [1.29, 1.82) is 0 Å². The minimum Gasteiger partial charge on any atom is -0.306 e. The topological polar surface area (TPSA) is 17.3 Å². The van der Waals surface area contributed by atoms with E-state index in [0.717, 1.165) is 21.4 Å². The predicted molar refractivity (Wildman–Crippen MR) is 83.4 cm³/mol. The zero-order chi connectivity index (χ0) is 11.8. The lowest BCUT2D eigenvalue weighted by atomic mass is 10.2. The van der Waals surface area contributed by atoms with Gasteiger partial charge in [-0.15, -0.1) is 17.0 Å². The van der Waals surface area contributed by atoms with Crippen LogP contribution in [0.3, 0.4) is 0 Å². The van der Waals surface area contributed by atoms with Crippen molar-refractivity contribution in [2.24, 2.45) is 0 Å². The number of hydrogen-bond donors (Lipinski definition) is 0. The molecule has 0 bridgehead atoms. The Kier molecular flexibility index (Phi) is 3.88. The van der Waals surface area contributed by atoms with E-state index in [-0.39, 0.29) is 17.0 Å². The zero-order valence-electron chi connectivity index (χ0n) is 9.80. The maximum atomic E-state index is 4.63. The van der Waals surface area contributed by atoms with E-state index in [4.69, 9.17) is 0 Å². The third-order valence-corrected chi connectivity index (χ3v) is 3.23. The van der Waals surface area contributed by atoms with Crippen molar-refractivity contribution in [1.82, 2.24) is 9.38 Å². The Morgan fingerprint density at radius 3 is 2.78 bits per heavy atom. The van der Waals surface area contributed by atoms with Gasteiger partial charge in [0.05, 0.1) is 5.69 Å². The summed E-state index contributed by atoms with van der Waals surface area (Å²) in [6, 6.07) is 12.4. The van der Waals surface area contributed by atoms with Crippen LogP contribution in [-0.2, 0) is 0 Å². The van der Waals surface area contributed by atoms with Gasteiger partial charge in [0.15, 0.2) is 0 Å². The van der Waals surface area contributed by atoms with Crippen molar-refractivity contribution >= 4 is 38.6 Å². The molecule has 0 spiro atoms. The molecule has 0 N–H and O–H groups in total. The van der Waals surface area contributed by atoms with Gasteiger partial charge in [-0.25, -0.2) is 4.98 Å². The van der Waals surface area contributed by atoms with Crippen LogP contribution in [0.4, 0.5) is 0 Å². The summed E-state index contributed by atoms with van der Waals surface area (Å²) in [4.78, 5) is 4.63. The van der Waals surface area contributed by atoms with Gasteiger partial charge in [-0.2, -0.15) is 0 Å². The Bertz CT molecular complexity index is 689. The molecule has 0 saturated carbocycles. The third-order valence-electron chi connectivity index (χ3n) is 2.74. The SMILES string of the molecule is Br.Cc1ccn2cc(-c3cccc(Br)c3)nc2c1. The monoisotopic (exact) mass is 366 g/mol. The molecule has 0 saturated heterocycles. The number of benzene rings is 1. The summed E-state index contributed by atoms with van der Waals surface area (Å²) in [7, 11) is 0. The molecule has 3 aromatic rings. The Balaban J connectivity index is 0.00000120. The summed E-state index contributed by atoms with van der Waals surface area (Å²) in [6.07, 6.45) is 4.09. The number of hydrogen-bond acceptors (Lipinski definition) is 1. The molecular weight excluding hydrogens is 356 g/mol. The van der Waals surface area contributed by atoms with E-state index >= 15 is 0 Å². The van der Waals surface area contributed by atoms with Crippen LogP contribution in [0.25, 0.3) is 16.9 Å². The fraction of sp³-hybridized carbons (Fsp3) is 0.0714. The summed E-state index contributed by atoms with van der Waals surface area (Å²) in [5.74, 6) is 0.